The summed E-state index contributed by atoms with van der Waals surface area (Å²) in [7, 11) is -1.49. The molecule has 1 aromatic carbocycles. The van der Waals surface area contributed by atoms with E-state index in [-0.39, 0.29) is 5.91 Å². The third-order valence-corrected chi connectivity index (χ3v) is 2.71. The highest BCUT2D eigenvalue weighted by molar-refractivity contribution is 6.58. The molecule has 0 aliphatic rings. The summed E-state index contributed by atoms with van der Waals surface area (Å²) in [5.74, 6) is 0.518. The molecule has 0 aliphatic heterocycles. The second kappa shape index (κ2) is 7.19. The molecule has 98 valence electrons. The molecule has 0 heterocycles. The van der Waals surface area contributed by atoms with E-state index in [4.69, 9.17) is 10.0 Å². The average molecular weight is 249 g/mol. The summed E-state index contributed by atoms with van der Waals surface area (Å²) in [5, 5.41) is 20.7. The number of hydrogen-bond acceptors (Lipinski definition) is 3. The minimum atomic E-state index is -1.49. The molecule has 4 nitrogen and oxygen atoms in total. The normalized spacial score (nSPS) is 10.5. The summed E-state index contributed by atoms with van der Waals surface area (Å²) in [4.78, 5) is 11.7. The van der Waals surface area contributed by atoms with E-state index in [2.05, 4.69) is 19.2 Å². The molecule has 0 fully saturated rings. The predicted molar refractivity (Wildman–Crippen MR) is 72.7 cm³/mol. The fraction of sp³-hybridized carbons (Fsp3) is 0.462. The predicted octanol–water partition coefficient (Wildman–Crippen LogP) is 0.532. The Kier molecular flexibility index (Phi) is 5.88. The Bertz CT molecular complexity index is 376. The van der Waals surface area contributed by atoms with Gasteiger partial charge in [0.05, 0.1) is 0 Å². The zero-order valence-corrected chi connectivity index (χ0v) is 10.9. The first-order valence-electron chi connectivity index (χ1n) is 6.25. The molecule has 0 aromatic heterocycles. The third kappa shape index (κ3) is 4.90. The van der Waals surface area contributed by atoms with Crippen LogP contribution in [0.1, 0.15) is 37.0 Å². The summed E-state index contributed by atoms with van der Waals surface area (Å²) in [6.45, 7) is 4.98. The minimum absolute atomic E-state index is 0.127. The molecule has 0 bridgehead atoms. The van der Waals surface area contributed by atoms with Crippen LogP contribution in [0.5, 0.6) is 0 Å². The lowest BCUT2D eigenvalue weighted by atomic mass is 9.80. The Hall–Kier alpha value is -1.33. The molecule has 18 heavy (non-hydrogen) atoms. The van der Waals surface area contributed by atoms with Gasteiger partial charge in [-0.2, -0.15) is 0 Å². The lowest BCUT2D eigenvalue weighted by molar-refractivity contribution is 0.0952. The number of benzene rings is 1. The van der Waals surface area contributed by atoms with E-state index in [1.54, 1.807) is 12.1 Å². The van der Waals surface area contributed by atoms with Gasteiger partial charge in [-0.05, 0) is 36.4 Å². The lowest BCUT2D eigenvalue weighted by Crippen LogP contribution is -2.30. The van der Waals surface area contributed by atoms with E-state index < -0.39 is 7.12 Å². The highest BCUT2D eigenvalue weighted by Gasteiger charge is 2.11. The molecular weight excluding hydrogens is 229 g/mol. The third-order valence-electron chi connectivity index (χ3n) is 2.71. The molecule has 0 saturated heterocycles. The van der Waals surface area contributed by atoms with Crippen LogP contribution < -0.4 is 10.8 Å². The molecule has 0 saturated carbocycles. The van der Waals surface area contributed by atoms with Crippen molar-refractivity contribution in [3.05, 3.63) is 29.8 Å². The van der Waals surface area contributed by atoms with Crippen LogP contribution in [0.2, 0.25) is 0 Å². The molecule has 0 unspecified atom stereocenters. The zero-order chi connectivity index (χ0) is 13.5. The fourth-order valence-corrected chi connectivity index (χ4v) is 1.62. The van der Waals surface area contributed by atoms with Gasteiger partial charge in [-0.3, -0.25) is 4.79 Å². The highest BCUT2D eigenvalue weighted by atomic mass is 16.4. The summed E-state index contributed by atoms with van der Waals surface area (Å²) >= 11 is 0. The van der Waals surface area contributed by atoms with Gasteiger partial charge < -0.3 is 15.4 Å². The van der Waals surface area contributed by atoms with E-state index >= 15 is 0 Å². The molecule has 5 heteroatoms. The summed E-state index contributed by atoms with van der Waals surface area (Å²) in [6, 6.07) is 6.25. The molecule has 3 N–H and O–H groups in total. The molecule has 0 spiro atoms. The number of carbonyl (C=O) groups excluding carboxylic acids is 1. The van der Waals surface area contributed by atoms with Crippen LogP contribution in [0.3, 0.4) is 0 Å². The van der Waals surface area contributed by atoms with Gasteiger partial charge in [-0.15, -0.1) is 0 Å². The van der Waals surface area contributed by atoms with Gasteiger partial charge in [-0.1, -0.05) is 26.0 Å². The number of amides is 1. The maximum Gasteiger partial charge on any atom is 0.488 e. The van der Waals surface area contributed by atoms with Crippen LogP contribution in [0, 0.1) is 5.92 Å². The largest absolute Gasteiger partial charge is 0.488 e. The number of nitrogens with one attached hydrogen (secondary N) is 1. The second-order valence-corrected chi connectivity index (χ2v) is 4.79. The monoisotopic (exact) mass is 249 g/mol. The molecule has 0 aliphatic carbocycles. The van der Waals surface area contributed by atoms with Crippen molar-refractivity contribution in [1.29, 1.82) is 0 Å². The molecule has 1 rings (SSSR count). The first-order valence-corrected chi connectivity index (χ1v) is 6.25. The quantitative estimate of drug-likeness (QED) is 0.509. The number of carbonyl (C=O) groups is 1. The first kappa shape index (κ1) is 14.7. The van der Waals surface area contributed by atoms with Crippen molar-refractivity contribution in [3.63, 3.8) is 0 Å². The van der Waals surface area contributed by atoms with Crippen LogP contribution in [0.15, 0.2) is 24.3 Å². The molecule has 1 amide bonds. The molecule has 0 radical (unpaired) electrons. The average Bonchev–Trinajstić information content (AvgIpc) is 2.34. The van der Waals surface area contributed by atoms with Crippen molar-refractivity contribution in [2.24, 2.45) is 5.92 Å². The minimum Gasteiger partial charge on any atom is -0.423 e. The van der Waals surface area contributed by atoms with Crippen LogP contribution >= 0.6 is 0 Å². The van der Waals surface area contributed by atoms with Gasteiger partial charge in [0.25, 0.3) is 5.91 Å². The van der Waals surface area contributed by atoms with Gasteiger partial charge in [0.2, 0.25) is 0 Å². The Morgan fingerprint density at radius 1 is 1.28 bits per heavy atom. The van der Waals surface area contributed by atoms with Crippen molar-refractivity contribution in [1.82, 2.24) is 5.32 Å². The van der Waals surface area contributed by atoms with E-state index in [0.717, 1.165) is 12.8 Å². The van der Waals surface area contributed by atoms with Gasteiger partial charge >= 0.3 is 7.12 Å². The van der Waals surface area contributed by atoms with Crippen molar-refractivity contribution >= 4 is 18.5 Å². The summed E-state index contributed by atoms with van der Waals surface area (Å²) in [5.41, 5.74) is 0.912. The van der Waals surface area contributed by atoms with Crippen LogP contribution in [-0.4, -0.2) is 29.6 Å². The summed E-state index contributed by atoms with van der Waals surface area (Å²) in [6.07, 6.45) is 2.06. The van der Waals surface area contributed by atoms with Crippen molar-refractivity contribution < 1.29 is 14.8 Å². The van der Waals surface area contributed by atoms with Crippen molar-refractivity contribution in [2.45, 2.75) is 26.7 Å². The zero-order valence-electron chi connectivity index (χ0n) is 10.9. The number of hydrogen-bond donors (Lipinski definition) is 3. The van der Waals surface area contributed by atoms with E-state index in [0.29, 0.717) is 23.5 Å². The summed E-state index contributed by atoms with van der Waals surface area (Å²) < 4.78 is 0. The SMILES string of the molecule is CC(C)CCCNC(=O)c1ccc(B(O)O)cc1. The van der Waals surface area contributed by atoms with Crippen molar-refractivity contribution in [2.75, 3.05) is 6.54 Å². The highest BCUT2D eigenvalue weighted by Crippen LogP contribution is 2.02. The number of rotatable bonds is 6. The van der Waals surface area contributed by atoms with Gasteiger partial charge in [-0.25, -0.2) is 0 Å². The van der Waals surface area contributed by atoms with Gasteiger partial charge in [0.1, 0.15) is 0 Å². The second-order valence-electron chi connectivity index (χ2n) is 4.79. The maximum atomic E-state index is 11.7. The van der Waals surface area contributed by atoms with E-state index in [1.165, 1.54) is 12.1 Å². The molecular formula is C13H20BNO3. The Balaban J connectivity index is 2.42. The van der Waals surface area contributed by atoms with Crippen LogP contribution in [0.25, 0.3) is 0 Å². The smallest absolute Gasteiger partial charge is 0.423 e. The topological polar surface area (TPSA) is 69.6 Å². The van der Waals surface area contributed by atoms with Crippen LogP contribution in [-0.2, 0) is 0 Å². The fourth-order valence-electron chi connectivity index (χ4n) is 1.62. The van der Waals surface area contributed by atoms with E-state index in [9.17, 15) is 4.79 Å². The van der Waals surface area contributed by atoms with Crippen molar-refractivity contribution in [3.8, 4) is 0 Å². The standard InChI is InChI=1S/C13H20BNO3/c1-10(2)4-3-9-15-13(16)11-5-7-12(8-6-11)14(17)18/h5-8,10,17-18H,3-4,9H2,1-2H3,(H,15,16). The maximum absolute atomic E-state index is 11.7. The Labute approximate surface area is 108 Å². The van der Waals surface area contributed by atoms with E-state index in [1.807, 2.05) is 0 Å². The lowest BCUT2D eigenvalue weighted by Gasteiger charge is -2.07. The van der Waals surface area contributed by atoms with Gasteiger partial charge in [0.15, 0.2) is 0 Å². The Morgan fingerprint density at radius 3 is 2.39 bits per heavy atom. The van der Waals surface area contributed by atoms with Gasteiger partial charge in [0, 0.05) is 12.1 Å². The molecule has 1 aromatic rings. The Morgan fingerprint density at radius 2 is 1.89 bits per heavy atom. The molecule has 0 atom stereocenters. The first-order chi connectivity index (χ1) is 8.50. The van der Waals surface area contributed by atoms with Crippen LogP contribution in [0.4, 0.5) is 0 Å².